The fourth-order valence-electron chi connectivity index (χ4n) is 2.74. The van der Waals surface area contributed by atoms with Crippen molar-refractivity contribution >= 4 is 18.0 Å². The van der Waals surface area contributed by atoms with Crippen molar-refractivity contribution in [2.45, 2.75) is 32.6 Å². The molecule has 2 aromatic rings. The number of nitrogens with zero attached hydrogens (tertiary/aromatic N) is 2. The molecule has 1 aromatic heterocycles. The molecular weight excluding hydrogens is 364 g/mol. The van der Waals surface area contributed by atoms with Gasteiger partial charge in [0.15, 0.2) is 11.5 Å². The third-order valence-electron chi connectivity index (χ3n) is 4.01. The summed E-state index contributed by atoms with van der Waals surface area (Å²) >= 11 is 0. The van der Waals surface area contributed by atoms with Crippen molar-refractivity contribution in [3.8, 4) is 11.5 Å². The Labute approximate surface area is 162 Å². The van der Waals surface area contributed by atoms with Crippen LogP contribution in [0.15, 0.2) is 42.5 Å². The summed E-state index contributed by atoms with van der Waals surface area (Å²) in [5, 5.41) is 0. The van der Waals surface area contributed by atoms with Crippen LogP contribution in [0.1, 0.15) is 25.8 Å². The lowest BCUT2D eigenvalue weighted by Crippen LogP contribution is -2.41. The van der Waals surface area contributed by atoms with Crippen LogP contribution in [0.25, 0.3) is 6.08 Å². The standard InChI is InChI=1S/C20H22N2O6/c1-20(2)27-18(23)15(19(24)28-20)12-14-6-4-7-16(25-3)17(14)26-11-5-9-22-10-8-21-13-22/h4,6-8,10,12-13H,5,9,11H2,1-3H3. The minimum atomic E-state index is -1.29. The Morgan fingerprint density at radius 3 is 2.61 bits per heavy atom. The molecular formula is C20H22N2O6. The molecule has 0 unspecified atom stereocenters. The van der Waals surface area contributed by atoms with Crippen molar-refractivity contribution in [1.82, 2.24) is 9.55 Å². The van der Waals surface area contributed by atoms with Crippen molar-refractivity contribution in [2.24, 2.45) is 0 Å². The number of carbonyl (C=O) groups excluding carboxylic acids is 2. The van der Waals surface area contributed by atoms with Crippen molar-refractivity contribution < 1.29 is 28.5 Å². The monoisotopic (exact) mass is 386 g/mol. The highest BCUT2D eigenvalue weighted by Gasteiger charge is 2.39. The van der Waals surface area contributed by atoms with E-state index in [9.17, 15) is 9.59 Å². The molecule has 8 nitrogen and oxygen atoms in total. The fourth-order valence-corrected chi connectivity index (χ4v) is 2.74. The number of hydrogen-bond donors (Lipinski definition) is 0. The maximum atomic E-state index is 12.2. The van der Waals surface area contributed by atoms with Crippen LogP contribution in [-0.2, 0) is 25.6 Å². The van der Waals surface area contributed by atoms with Crippen molar-refractivity contribution in [3.05, 3.63) is 48.1 Å². The fraction of sp³-hybridized carbons (Fsp3) is 0.350. The first-order valence-electron chi connectivity index (χ1n) is 8.83. The van der Waals surface area contributed by atoms with Gasteiger partial charge in [0.1, 0.15) is 5.57 Å². The third kappa shape index (κ3) is 4.51. The van der Waals surface area contributed by atoms with Gasteiger partial charge in [-0.15, -0.1) is 0 Å². The third-order valence-corrected chi connectivity index (χ3v) is 4.01. The largest absolute Gasteiger partial charge is 0.493 e. The first-order valence-corrected chi connectivity index (χ1v) is 8.83. The van der Waals surface area contributed by atoms with Crippen LogP contribution in [0.4, 0.5) is 0 Å². The van der Waals surface area contributed by atoms with Crippen molar-refractivity contribution in [2.75, 3.05) is 13.7 Å². The molecule has 0 spiro atoms. The van der Waals surface area contributed by atoms with Gasteiger partial charge in [0.25, 0.3) is 5.79 Å². The summed E-state index contributed by atoms with van der Waals surface area (Å²) in [7, 11) is 1.52. The van der Waals surface area contributed by atoms with Gasteiger partial charge in [-0.25, -0.2) is 14.6 Å². The van der Waals surface area contributed by atoms with E-state index >= 15 is 0 Å². The molecule has 1 fully saturated rings. The van der Waals surface area contributed by atoms with E-state index < -0.39 is 17.7 Å². The number of cyclic esters (lactones) is 2. The van der Waals surface area contributed by atoms with E-state index in [-0.39, 0.29) is 5.57 Å². The van der Waals surface area contributed by atoms with E-state index in [1.54, 1.807) is 30.7 Å². The lowest BCUT2D eigenvalue weighted by atomic mass is 10.1. The summed E-state index contributed by atoms with van der Waals surface area (Å²) in [6.45, 7) is 4.16. The summed E-state index contributed by atoms with van der Waals surface area (Å²) in [6.07, 6.45) is 7.47. The van der Waals surface area contributed by atoms with Gasteiger partial charge in [-0.05, 0) is 18.6 Å². The Bertz CT molecular complexity index is 864. The number of carbonyl (C=O) groups is 2. The Balaban J connectivity index is 1.79. The number of aryl methyl sites for hydroxylation is 1. The molecule has 0 amide bonds. The number of esters is 2. The van der Waals surface area contributed by atoms with Gasteiger partial charge >= 0.3 is 11.9 Å². The number of para-hydroxylation sites is 1. The van der Waals surface area contributed by atoms with E-state index in [2.05, 4.69) is 4.98 Å². The zero-order valence-corrected chi connectivity index (χ0v) is 16.0. The van der Waals surface area contributed by atoms with E-state index in [0.717, 1.165) is 13.0 Å². The average molecular weight is 386 g/mol. The maximum Gasteiger partial charge on any atom is 0.348 e. The predicted molar refractivity (Wildman–Crippen MR) is 99.6 cm³/mol. The summed E-state index contributed by atoms with van der Waals surface area (Å²) in [5.41, 5.74) is 0.321. The second kappa shape index (κ2) is 8.16. The molecule has 0 radical (unpaired) electrons. The van der Waals surface area contributed by atoms with Gasteiger partial charge < -0.3 is 23.5 Å². The molecule has 0 bridgehead atoms. The first kappa shape index (κ1) is 19.5. The number of hydrogen-bond acceptors (Lipinski definition) is 7. The lowest BCUT2D eigenvalue weighted by molar-refractivity contribution is -0.222. The highest BCUT2D eigenvalue weighted by atomic mass is 16.7. The molecule has 1 aromatic carbocycles. The van der Waals surface area contributed by atoms with Gasteiger partial charge in [-0.1, -0.05) is 12.1 Å². The molecule has 1 saturated heterocycles. The molecule has 28 heavy (non-hydrogen) atoms. The van der Waals surface area contributed by atoms with Crippen LogP contribution in [0.2, 0.25) is 0 Å². The van der Waals surface area contributed by atoms with Crippen molar-refractivity contribution in [3.63, 3.8) is 0 Å². The zero-order chi connectivity index (χ0) is 20.1. The Kier molecular flexibility index (Phi) is 5.67. The molecule has 1 aliphatic rings. The molecule has 0 atom stereocenters. The highest BCUT2D eigenvalue weighted by molar-refractivity contribution is 6.19. The minimum Gasteiger partial charge on any atom is -0.493 e. The van der Waals surface area contributed by atoms with Gasteiger partial charge in [0, 0.05) is 38.3 Å². The van der Waals surface area contributed by atoms with E-state index in [1.165, 1.54) is 27.0 Å². The van der Waals surface area contributed by atoms with E-state index in [0.29, 0.717) is 23.7 Å². The Morgan fingerprint density at radius 1 is 1.21 bits per heavy atom. The molecule has 0 aliphatic carbocycles. The second-order valence-electron chi connectivity index (χ2n) is 6.62. The lowest BCUT2D eigenvalue weighted by Gasteiger charge is -2.29. The van der Waals surface area contributed by atoms with Crippen LogP contribution in [0.5, 0.6) is 11.5 Å². The molecule has 0 saturated carbocycles. The normalized spacial score (nSPS) is 15.6. The summed E-state index contributed by atoms with van der Waals surface area (Å²) in [4.78, 5) is 28.4. The van der Waals surface area contributed by atoms with Gasteiger partial charge in [0.05, 0.1) is 20.0 Å². The molecule has 1 aliphatic heterocycles. The SMILES string of the molecule is COc1cccc(C=C2C(=O)OC(C)(C)OC2=O)c1OCCCn1ccnc1. The Hall–Kier alpha value is -3.29. The molecule has 148 valence electrons. The topological polar surface area (TPSA) is 88.9 Å². The van der Waals surface area contributed by atoms with Crippen LogP contribution in [-0.4, -0.2) is 41.0 Å². The highest BCUT2D eigenvalue weighted by Crippen LogP contribution is 2.34. The Morgan fingerprint density at radius 2 is 1.96 bits per heavy atom. The average Bonchev–Trinajstić information content (AvgIpc) is 3.15. The van der Waals surface area contributed by atoms with E-state index in [4.69, 9.17) is 18.9 Å². The van der Waals surface area contributed by atoms with Crippen LogP contribution in [0, 0.1) is 0 Å². The van der Waals surface area contributed by atoms with Crippen LogP contribution in [0.3, 0.4) is 0 Å². The summed E-state index contributed by atoms with van der Waals surface area (Å²) in [5.74, 6) is -1.83. The number of methoxy groups -OCH3 is 1. The predicted octanol–water partition coefficient (Wildman–Crippen LogP) is 2.58. The zero-order valence-electron chi connectivity index (χ0n) is 16.0. The quantitative estimate of drug-likeness (QED) is 0.313. The summed E-state index contributed by atoms with van der Waals surface area (Å²) < 4.78 is 23.5. The smallest absolute Gasteiger partial charge is 0.348 e. The molecule has 3 rings (SSSR count). The van der Waals surface area contributed by atoms with Gasteiger partial charge in [-0.2, -0.15) is 0 Å². The first-order chi connectivity index (χ1) is 13.4. The number of rotatable bonds is 7. The van der Waals surface area contributed by atoms with Crippen LogP contribution >= 0.6 is 0 Å². The van der Waals surface area contributed by atoms with Gasteiger partial charge in [0.2, 0.25) is 0 Å². The second-order valence-corrected chi connectivity index (χ2v) is 6.62. The molecule has 8 heteroatoms. The number of aromatic nitrogens is 2. The van der Waals surface area contributed by atoms with Crippen molar-refractivity contribution in [1.29, 1.82) is 0 Å². The van der Waals surface area contributed by atoms with Crippen LogP contribution < -0.4 is 9.47 Å². The maximum absolute atomic E-state index is 12.2. The summed E-state index contributed by atoms with van der Waals surface area (Å²) in [6, 6.07) is 5.21. The number of imidazole rings is 1. The van der Waals surface area contributed by atoms with Gasteiger partial charge in [-0.3, -0.25) is 0 Å². The number of ether oxygens (including phenoxy) is 4. The number of benzene rings is 1. The molecule has 0 N–H and O–H groups in total. The minimum absolute atomic E-state index is 0.198. The van der Waals surface area contributed by atoms with E-state index in [1.807, 2.05) is 10.8 Å². The molecule has 2 heterocycles.